The zero-order chi connectivity index (χ0) is 15.6. The summed E-state index contributed by atoms with van der Waals surface area (Å²) < 4.78 is 28.0. The fourth-order valence-electron chi connectivity index (χ4n) is 1.80. The summed E-state index contributed by atoms with van der Waals surface area (Å²) >= 11 is 4.85. The minimum Gasteiger partial charge on any atom is -0.389 e. The third-order valence-electron chi connectivity index (χ3n) is 3.13. The molecule has 0 saturated heterocycles. The lowest BCUT2D eigenvalue weighted by atomic mass is 10.2. The zero-order valence-corrected chi connectivity index (χ0v) is 13.4. The molecule has 1 aromatic heterocycles. The molecular formula is C13H16N4O2S2. The van der Waals surface area contributed by atoms with Gasteiger partial charge in [0.05, 0.1) is 11.4 Å². The fraction of sp³-hybridized carbons (Fsp3) is 0.231. The molecule has 21 heavy (non-hydrogen) atoms. The summed E-state index contributed by atoms with van der Waals surface area (Å²) in [5.74, 6) is 0.667. The van der Waals surface area contributed by atoms with Crippen LogP contribution >= 0.6 is 12.2 Å². The highest BCUT2D eigenvalue weighted by Crippen LogP contribution is 2.17. The van der Waals surface area contributed by atoms with Crippen LogP contribution in [0.2, 0.25) is 0 Å². The highest BCUT2D eigenvalue weighted by Gasteiger charge is 2.22. The first-order chi connectivity index (χ1) is 9.82. The molecule has 2 N–H and O–H groups in total. The van der Waals surface area contributed by atoms with E-state index in [4.69, 9.17) is 18.0 Å². The third kappa shape index (κ3) is 3.29. The summed E-state index contributed by atoms with van der Waals surface area (Å²) in [4.78, 5) is 4.55. The summed E-state index contributed by atoms with van der Waals surface area (Å²) in [5, 5.41) is 0. The van der Waals surface area contributed by atoms with E-state index in [1.807, 2.05) is 7.05 Å². The largest absolute Gasteiger partial charge is 0.389 e. The van der Waals surface area contributed by atoms with Gasteiger partial charge in [-0.1, -0.05) is 24.4 Å². The van der Waals surface area contributed by atoms with Gasteiger partial charge in [-0.05, 0) is 12.1 Å². The van der Waals surface area contributed by atoms with Crippen LogP contribution in [0.1, 0.15) is 11.4 Å². The monoisotopic (exact) mass is 324 g/mol. The van der Waals surface area contributed by atoms with Gasteiger partial charge < -0.3 is 10.3 Å². The molecule has 0 atom stereocenters. The number of nitrogens with zero attached hydrogens (tertiary/aromatic N) is 3. The minimum absolute atomic E-state index is 0.194. The highest BCUT2D eigenvalue weighted by molar-refractivity contribution is 7.89. The molecule has 1 aromatic carbocycles. The Balaban J connectivity index is 2.24. The second-order valence-electron chi connectivity index (χ2n) is 4.60. The van der Waals surface area contributed by atoms with Crippen LogP contribution in [0.5, 0.6) is 0 Å². The number of imidazole rings is 1. The predicted molar refractivity (Wildman–Crippen MR) is 84.2 cm³/mol. The molecule has 0 amide bonds. The molecular weight excluding hydrogens is 308 g/mol. The number of nitrogens with two attached hydrogens (primary N) is 1. The Morgan fingerprint density at radius 1 is 1.38 bits per heavy atom. The molecule has 1 heterocycles. The Morgan fingerprint density at radius 3 is 2.48 bits per heavy atom. The van der Waals surface area contributed by atoms with Crippen molar-refractivity contribution in [2.24, 2.45) is 12.8 Å². The molecule has 112 valence electrons. The van der Waals surface area contributed by atoms with Crippen LogP contribution in [0.4, 0.5) is 0 Å². The first-order valence-corrected chi connectivity index (χ1v) is 7.99. The number of hydrogen-bond acceptors (Lipinski definition) is 4. The maximum atomic E-state index is 12.5. The molecule has 6 nitrogen and oxygen atoms in total. The molecule has 0 aliphatic heterocycles. The molecule has 8 heteroatoms. The maximum Gasteiger partial charge on any atom is 0.243 e. The van der Waals surface area contributed by atoms with Crippen LogP contribution in [-0.2, 0) is 23.6 Å². The summed E-state index contributed by atoms with van der Waals surface area (Å²) in [5.41, 5.74) is 6.14. The molecule has 0 saturated carbocycles. The van der Waals surface area contributed by atoms with E-state index in [0.717, 1.165) is 0 Å². The average molecular weight is 324 g/mol. The van der Waals surface area contributed by atoms with Crippen LogP contribution in [0.15, 0.2) is 41.6 Å². The van der Waals surface area contributed by atoms with Gasteiger partial charge in [0, 0.05) is 32.1 Å². The molecule has 0 unspecified atom stereocenters. The maximum absolute atomic E-state index is 12.5. The van der Waals surface area contributed by atoms with Crippen molar-refractivity contribution in [2.75, 3.05) is 7.05 Å². The lowest BCUT2D eigenvalue weighted by Gasteiger charge is -2.17. The van der Waals surface area contributed by atoms with Crippen LogP contribution in [0.25, 0.3) is 0 Å². The molecule has 2 aromatic rings. The van der Waals surface area contributed by atoms with Crippen LogP contribution in [0, 0.1) is 0 Å². The van der Waals surface area contributed by atoms with Gasteiger partial charge in [0.1, 0.15) is 10.8 Å². The molecule has 0 bridgehead atoms. The summed E-state index contributed by atoms with van der Waals surface area (Å²) in [7, 11) is -0.240. The van der Waals surface area contributed by atoms with Gasteiger partial charge >= 0.3 is 0 Å². The number of aryl methyl sites for hydroxylation is 1. The highest BCUT2D eigenvalue weighted by atomic mass is 32.2. The van der Waals surface area contributed by atoms with Gasteiger partial charge in [-0.25, -0.2) is 13.4 Å². The topological polar surface area (TPSA) is 81.2 Å². The summed E-state index contributed by atoms with van der Waals surface area (Å²) in [6.45, 7) is 0.197. The minimum atomic E-state index is -3.58. The number of hydrogen-bond donors (Lipinski definition) is 1. The van der Waals surface area contributed by atoms with E-state index < -0.39 is 10.0 Å². The van der Waals surface area contributed by atoms with Gasteiger partial charge in [-0.3, -0.25) is 0 Å². The van der Waals surface area contributed by atoms with E-state index in [-0.39, 0.29) is 16.4 Å². The molecule has 2 rings (SSSR count). The van der Waals surface area contributed by atoms with Crippen LogP contribution in [0.3, 0.4) is 0 Å². The average Bonchev–Trinajstić information content (AvgIpc) is 2.84. The molecule has 0 aliphatic carbocycles. The number of rotatable bonds is 5. The van der Waals surface area contributed by atoms with E-state index >= 15 is 0 Å². The van der Waals surface area contributed by atoms with Gasteiger partial charge in [-0.2, -0.15) is 4.31 Å². The van der Waals surface area contributed by atoms with E-state index in [9.17, 15) is 8.42 Å². The van der Waals surface area contributed by atoms with Crippen LogP contribution < -0.4 is 5.73 Å². The molecule has 0 spiro atoms. The van der Waals surface area contributed by atoms with E-state index in [0.29, 0.717) is 11.4 Å². The van der Waals surface area contributed by atoms with Crippen molar-refractivity contribution < 1.29 is 8.42 Å². The fourth-order valence-corrected chi connectivity index (χ4v) is 3.07. The number of aromatic nitrogens is 2. The van der Waals surface area contributed by atoms with Crippen molar-refractivity contribution in [1.82, 2.24) is 13.9 Å². The van der Waals surface area contributed by atoms with Gasteiger partial charge in [0.25, 0.3) is 0 Å². The molecule has 0 aliphatic rings. The normalized spacial score (nSPS) is 11.8. The second kappa shape index (κ2) is 5.92. The predicted octanol–water partition coefficient (Wildman–Crippen LogP) is 0.875. The lowest BCUT2D eigenvalue weighted by molar-refractivity contribution is 0.451. The smallest absolute Gasteiger partial charge is 0.243 e. The van der Waals surface area contributed by atoms with Crippen molar-refractivity contribution in [3.63, 3.8) is 0 Å². The van der Waals surface area contributed by atoms with E-state index in [1.165, 1.54) is 23.5 Å². The first-order valence-electron chi connectivity index (χ1n) is 6.15. The number of sulfonamides is 1. The number of thiocarbonyl (C=S) groups is 1. The molecule has 0 fully saturated rings. The Bertz CT molecular complexity index is 751. The number of benzene rings is 1. The van der Waals surface area contributed by atoms with Crippen LogP contribution in [-0.4, -0.2) is 34.3 Å². The molecule has 0 radical (unpaired) electrons. The first kappa shape index (κ1) is 15.6. The Labute approximate surface area is 129 Å². The van der Waals surface area contributed by atoms with Crippen molar-refractivity contribution >= 4 is 27.2 Å². The second-order valence-corrected chi connectivity index (χ2v) is 7.09. The van der Waals surface area contributed by atoms with Gasteiger partial charge in [0.2, 0.25) is 10.0 Å². The SMILES string of the molecule is CN(Cc1nccn1C)S(=O)(=O)c1ccc(C(N)=S)cc1. The quantitative estimate of drug-likeness (QED) is 0.826. The van der Waals surface area contributed by atoms with Crippen molar-refractivity contribution in [1.29, 1.82) is 0 Å². The third-order valence-corrected chi connectivity index (χ3v) is 5.19. The Morgan fingerprint density at radius 2 is 2.00 bits per heavy atom. The van der Waals surface area contributed by atoms with Gasteiger partial charge in [-0.15, -0.1) is 0 Å². The summed E-state index contributed by atoms with van der Waals surface area (Å²) in [6.07, 6.45) is 3.40. The Kier molecular flexibility index (Phi) is 4.40. The van der Waals surface area contributed by atoms with Crippen molar-refractivity contribution in [3.05, 3.63) is 48.0 Å². The lowest BCUT2D eigenvalue weighted by Crippen LogP contribution is -2.27. The van der Waals surface area contributed by atoms with Crippen molar-refractivity contribution in [2.45, 2.75) is 11.4 Å². The van der Waals surface area contributed by atoms with E-state index in [2.05, 4.69) is 4.98 Å². The van der Waals surface area contributed by atoms with E-state index in [1.54, 1.807) is 29.1 Å². The zero-order valence-electron chi connectivity index (χ0n) is 11.7. The van der Waals surface area contributed by atoms with Crippen molar-refractivity contribution in [3.8, 4) is 0 Å². The standard InChI is InChI=1S/C13H16N4O2S2/c1-16-8-7-15-12(16)9-17(2)21(18,19)11-5-3-10(4-6-11)13(14)20/h3-8H,9H2,1-2H3,(H2,14,20). The van der Waals surface area contributed by atoms with Gasteiger partial charge in [0.15, 0.2) is 0 Å². The Hall–Kier alpha value is -1.77. The summed E-state index contributed by atoms with van der Waals surface area (Å²) in [6, 6.07) is 6.20.